The lowest BCUT2D eigenvalue weighted by Crippen LogP contribution is -2.40. The maximum atomic E-state index is 13.6. The number of carbonyl (C=O) groups excluding carboxylic acids is 2. The van der Waals surface area contributed by atoms with Crippen LogP contribution in [0.15, 0.2) is 79.0 Å². The Kier molecular flexibility index (Phi) is 8.57. The molecule has 1 aliphatic heterocycles. The molecule has 35 heavy (non-hydrogen) atoms. The number of ether oxygens (including phenoxy) is 1. The summed E-state index contributed by atoms with van der Waals surface area (Å²) in [4.78, 5) is 33.8. The van der Waals surface area contributed by atoms with E-state index in [1.54, 1.807) is 28.1 Å². The zero-order valence-electron chi connectivity index (χ0n) is 19.7. The van der Waals surface area contributed by atoms with Crippen LogP contribution in [0.2, 0.25) is 0 Å². The molecule has 1 unspecified atom stereocenters. The molecular weight excluding hydrogens is 445 g/mol. The number of halogens is 1. The molecular formula is C28H30FN3O3. The molecule has 2 amide bonds. The Morgan fingerprint density at radius 1 is 0.971 bits per heavy atom. The number of carbonyl (C=O) groups is 2. The van der Waals surface area contributed by atoms with Crippen molar-refractivity contribution in [3.05, 3.63) is 102 Å². The molecule has 0 aliphatic carbocycles. The average molecular weight is 476 g/mol. The molecule has 3 aromatic rings. The van der Waals surface area contributed by atoms with Crippen molar-refractivity contribution in [1.29, 1.82) is 0 Å². The van der Waals surface area contributed by atoms with E-state index in [1.807, 2.05) is 48.5 Å². The first-order chi connectivity index (χ1) is 17.1. The first-order valence-corrected chi connectivity index (χ1v) is 11.9. The molecule has 2 aromatic carbocycles. The molecule has 182 valence electrons. The van der Waals surface area contributed by atoms with Crippen molar-refractivity contribution in [2.45, 2.75) is 32.0 Å². The standard InChI is InChI=1S/C28H30FN3O3/c29-24-10-6-9-23(17-24)21-35-26-18-31(16-14-22-7-2-1-3-8-22)28(34)20-32(19-26)27(33)13-12-25-11-4-5-15-30-25/h1-11,15,17,26H,12-14,16,18-21H2. The summed E-state index contributed by atoms with van der Waals surface area (Å²) >= 11 is 0. The van der Waals surface area contributed by atoms with Crippen molar-refractivity contribution in [3.8, 4) is 0 Å². The number of nitrogens with zero attached hydrogens (tertiary/aromatic N) is 3. The summed E-state index contributed by atoms with van der Waals surface area (Å²) in [5, 5.41) is 0. The zero-order valence-corrected chi connectivity index (χ0v) is 19.7. The van der Waals surface area contributed by atoms with Gasteiger partial charge in [0.1, 0.15) is 5.82 Å². The Bertz CT molecular complexity index is 1110. The van der Waals surface area contributed by atoms with Gasteiger partial charge in [0.25, 0.3) is 0 Å². The largest absolute Gasteiger partial charge is 0.370 e. The van der Waals surface area contributed by atoms with Crippen LogP contribution in [0.4, 0.5) is 4.39 Å². The predicted octanol–water partition coefficient (Wildman–Crippen LogP) is 3.65. The third-order valence-electron chi connectivity index (χ3n) is 6.09. The summed E-state index contributed by atoms with van der Waals surface area (Å²) in [6.45, 7) is 1.46. The van der Waals surface area contributed by atoms with Gasteiger partial charge in [-0.15, -0.1) is 0 Å². The zero-order chi connectivity index (χ0) is 24.5. The van der Waals surface area contributed by atoms with E-state index in [0.29, 0.717) is 31.6 Å². The molecule has 0 N–H and O–H groups in total. The van der Waals surface area contributed by atoms with Crippen LogP contribution >= 0.6 is 0 Å². The number of benzene rings is 2. The summed E-state index contributed by atoms with van der Waals surface area (Å²) in [6.07, 6.45) is 2.83. The van der Waals surface area contributed by atoms with Crippen molar-refractivity contribution in [1.82, 2.24) is 14.8 Å². The van der Waals surface area contributed by atoms with E-state index in [2.05, 4.69) is 4.98 Å². The highest BCUT2D eigenvalue weighted by Gasteiger charge is 2.30. The minimum Gasteiger partial charge on any atom is -0.370 e. The van der Waals surface area contributed by atoms with Crippen molar-refractivity contribution in [2.24, 2.45) is 0 Å². The number of aromatic nitrogens is 1. The maximum absolute atomic E-state index is 13.6. The van der Waals surface area contributed by atoms with Gasteiger partial charge in [0, 0.05) is 37.9 Å². The van der Waals surface area contributed by atoms with Crippen molar-refractivity contribution < 1.29 is 18.7 Å². The molecule has 6 nitrogen and oxygen atoms in total. The summed E-state index contributed by atoms with van der Waals surface area (Å²) in [5.41, 5.74) is 2.69. The fourth-order valence-electron chi connectivity index (χ4n) is 4.18. The molecule has 0 spiro atoms. The summed E-state index contributed by atoms with van der Waals surface area (Å²) in [6, 6.07) is 21.9. The second kappa shape index (κ2) is 12.2. The average Bonchev–Trinajstić information content (AvgIpc) is 3.04. The van der Waals surface area contributed by atoms with E-state index < -0.39 is 0 Å². The smallest absolute Gasteiger partial charge is 0.242 e. The minimum atomic E-state index is -0.376. The Labute approximate surface area is 205 Å². The van der Waals surface area contributed by atoms with Crippen molar-refractivity contribution >= 4 is 11.8 Å². The van der Waals surface area contributed by atoms with Crippen LogP contribution < -0.4 is 0 Å². The van der Waals surface area contributed by atoms with Crippen LogP contribution in [0.3, 0.4) is 0 Å². The molecule has 1 aromatic heterocycles. The second-order valence-electron chi connectivity index (χ2n) is 8.73. The van der Waals surface area contributed by atoms with Crippen molar-refractivity contribution in [2.75, 3.05) is 26.2 Å². The summed E-state index contributed by atoms with van der Waals surface area (Å²) in [7, 11) is 0. The molecule has 1 atom stereocenters. The van der Waals surface area contributed by atoms with Crippen LogP contribution in [-0.4, -0.2) is 58.9 Å². The number of hydrogen-bond donors (Lipinski definition) is 0. The normalized spacial score (nSPS) is 16.3. The Hall–Kier alpha value is -3.58. The topological polar surface area (TPSA) is 62.7 Å². The minimum absolute atomic E-state index is 0.0235. The first kappa shape index (κ1) is 24.5. The molecule has 1 aliphatic rings. The molecule has 0 bridgehead atoms. The highest BCUT2D eigenvalue weighted by Crippen LogP contribution is 2.15. The maximum Gasteiger partial charge on any atom is 0.242 e. The summed E-state index contributed by atoms with van der Waals surface area (Å²) in [5.74, 6) is -0.518. The molecule has 0 saturated carbocycles. The molecule has 1 saturated heterocycles. The van der Waals surface area contributed by atoms with Gasteiger partial charge in [-0.05, 0) is 48.2 Å². The van der Waals surface area contributed by atoms with Crippen LogP contribution in [0, 0.1) is 5.82 Å². The highest BCUT2D eigenvalue weighted by molar-refractivity contribution is 5.85. The van der Waals surface area contributed by atoms with Crippen LogP contribution in [-0.2, 0) is 33.8 Å². The third-order valence-corrected chi connectivity index (χ3v) is 6.09. The number of amides is 2. The lowest BCUT2D eigenvalue weighted by Gasteiger charge is -2.25. The van der Waals surface area contributed by atoms with Gasteiger partial charge in [0.15, 0.2) is 0 Å². The molecule has 0 radical (unpaired) electrons. The lowest BCUT2D eigenvalue weighted by atomic mass is 10.1. The van der Waals surface area contributed by atoms with Gasteiger partial charge in [-0.25, -0.2) is 4.39 Å². The van der Waals surface area contributed by atoms with Gasteiger partial charge >= 0.3 is 0 Å². The molecule has 1 fully saturated rings. The fourth-order valence-corrected chi connectivity index (χ4v) is 4.18. The van der Waals surface area contributed by atoms with Gasteiger partial charge in [-0.2, -0.15) is 0 Å². The third kappa shape index (κ3) is 7.45. The van der Waals surface area contributed by atoms with Gasteiger partial charge in [-0.1, -0.05) is 48.5 Å². The Morgan fingerprint density at radius 2 is 1.77 bits per heavy atom. The highest BCUT2D eigenvalue weighted by atomic mass is 19.1. The predicted molar refractivity (Wildman–Crippen MR) is 131 cm³/mol. The van der Waals surface area contributed by atoms with E-state index in [1.165, 1.54) is 12.1 Å². The Balaban J connectivity index is 1.43. The van der Waals surface area contributed by atoms with Crippen molar-refractivity contribution in [3.63, 3.8) is 0 Å². The SMILES string of the molecule is O=C1CN(C(=O)CCc2ccccn2)CC(OCc2cccc(F)c2)CN1CCc1ccccc1. The van der Waals surface area contributed by atoms with Gasteiger partial charge < -0.3 is 14.5 Å². The van der Waals surface area contributed by atoms with Gasteiger partial charge in [-0.3, -0.25) is 14.6 Å². The monoisotopic (exact) mass is 475 g/mol. The molecule has 2 heterocycles. The number of aryl methyl sites for hydroxylation is 1. The van der Waals surface area contributed by atoms with Crippen LogP contribution in [0.1, 0.15) is 23.2 Å². The van der Waals surface area contributed by atoms with E-state index >= 15 is 0 Å². The van der Waals surface area contributed by atoms with Gasteiger partial charge in [0.05, 0.1) is 19.3 Å². The lowest BCUT2D eigenvalue weighted by molar-refractivity contribution is -0.138. The molecule has 7 heteroatoms. The number of hydrogen-bond acceptors (Lipinski definition) is 4. The number of rotatable bonds is 9. The molecule has 4 rings (SSSR count). The van der Waals surface area contributed by atoms with Crippen LogP contribution in [0.25, 0.3) is 0 Å². The van der Waals surface area contributed by atoms with E-state index in [9.17, 15) is 14.0 Å². The van der Waals surface area contributed by atoms with E-state index in [4.69, 9.17) is 4.74 Å². The van der Waals surface area contributed by atoms with E-state index in [-0.39, 0.29) is 43.3 Å². The first-order valence-electron chi connectivity index (χ1n) is 11.9. The summed E-state index contributed by atoms with van der Waals surface area (Å²) < 4.78 is 19.7. The second-order valence-corrected chi connectivity index (χ2v) is 8.73. The van der Waals surface area contributed by atoms with E-state index in [0.717, 1.165) is 17.7 Å². The van der Waals surface area contributed by atoms with Gasteiger partial charge in [0.2, 0.25) is 11.8 Å². The quantitative estimate of drug-likeness (QED) is 0.474. The van der Waals surface area contributed by atoms with Crippen LogP contribution in [0.5, 0.6) is 0 Å². The Morgan fingerprint density at radius 3 is 2.54 bits per heavy atom. The number of pyridine rings is 1. The fraction of sp³-hybridized carbons (Fsp3) is 0.321.